The van der Waals surface area contributed by atoms with E-state index in [0.29, 0.717) is 0 Å². The Morgan fingerprint density at radius 3 is 1.43 bits per heavy atom. The van der Waals surface area contributed by atoms with Crippen LogP contribution in [0.25, 0.3) is 6.08 Å². The van der Waals surface area contributed by atoms with Gasteiger partial charge >= 0.3 is 0 Å². The molecule has 0 aliphatic carbocycles. The summed E-state index contributed by atoms with van der Waals surface area (Å²) in [6.45, 7) is 23.7. The third-order valence-electron chi connectivity index (χ3n) is 2.51. The minimum absolute atomic E-state index is 1.02. The van der Waals surface area contributed by atoms with E-state index in [1.807, 2.05) is 43.3 Å². The van der Waals surface area contributed by atoms with E-state index in [9.17, 15) is 0 Å². The van der Waals surface area contributed by atoms with Gasteiger partial charge in [0.25, 0.3) is 0 Å². The van der Waals surface area contributed by atoms with Gasteiger partial charge in [0, 0.05) is 0 Å². The van der Waals surface area contributed by atoms with Crippen LogP contribution in [0.2, 0.25) is 0 Å². The topological polar surface area (TPSA) is 0 Å². The number of unbranched alkanes of at least 4 members (excludes halogenated alkanes) is 3. The molecule has 0 heteroatoms. The normalized spacial score (nSPS) is 7.61. The second-order valence-electron chi connectivity index (χ2n) is 4.84. The first-order valence-corrected chi connectivity index (χ1v) is 8.22. The molecule has 0 atom stereocenters. The minimum Gasteiger partial charge on any atom is -0.0991 e. The van der Waals surface area contributed by atoms with Gasteiger partial charge in [0.15, 0.2) is 0 Å². The van der Waals surface area contributed by atoms with E-state index in [-0.39, 0.29) is 0 Å². The SMILES string of the molecule is C=CC(=C)C.C=CC=C.C=Cc1ccccc1.CCCCCC. The molecule has 1 rings (SSSR count). The minimum atomic E-state index is 1.02. The standard InChI is InChI=1S/C8H8.C6H14.C5H8.C4H6/c1-2-8-6-4-3-5-7-8;1-3-5-6-4-2;1-4-5(2)3;1-3-4-2/h2-7H,1H2;3-6H2,1-2H3;4H,1-2H2,3H3;3-4H,1-2H2. The molecule has 0 aliphatic rings. The lowest BCUT2D eigenvalue weighted by atomic mass is 10.2. The lowest BCUT2D eigenvalue weighted by Crippen LogP contribution is -1.66. The Bertz CT molecular complexity index is 385. The van der Waals surface area contributed by atoms with Gasteiger partial charge in [0.1, 0.15) is 0 Å². The number of rotatable bonds is 6. The van der Waals surface area contributed by atoms with Gasteiger partial charge in [-0.25, -0.2) is 0 Å². The average molecular weight is 313 g/mol. The van der Waals surface area contributed by atoms with Crippen molar-refractivity contribution in [3.05, 3.63) is 92.6 Å². The van der Waals surface area contributed by atoms with Crippen molar-refractivity contribution in [2.75, 3.05) is 0 Å². The molecule has 128 valence electrons. The van der Waals surface area contributed by atoms with E-state index in [1.54, 1.807) is 18.2 Å². The first kappa shape index (κ1) is 25.9. The van der Waals surface area contributed by atoms with Crippen molar-refractivity contribution >= 4 is 6.08 Å². The Labute approximate surface area is 145 Å². The smallest absolute Gasteiger partial charge is 0.0263 e. The number of allylic oxidation sites excluding steroid dienone is 4. The van der Waals surface area contributed by atoms with E-state index in [1.165, 1.54) is 31.2 Å². The highest BCUT2D eigenvalue weighted by atomic mass is 13.8. The van der Waals surface area contributed by atoms with E-state index >= 15 is 0 Å². The van der Waals surface area contributed by atoms with Crippen LogP contribution in [0.3, 0.4) is 0 Å². The Hall–Kier alpha value is -2.08. The van der Waals surface area contributed by atoms with Gasteiger partial charge in [-0.2, -0.15) is 0 Å². The quantitative estimate of drug-likeness (QED) is 0.368. The second kappa shape index (κ2) is 24.9. The van der Waals surface area contributed by atoms with Crippen molar-refractivity contribution < 1.29 is 0 Å². The summed E-state index contributed by atoms with van der Waals surface area (Å²) in [5.74, 6) is 0. The number of hydrogen-bond acceptors (Lipinski definition) is 0. The largest absolute Gasteiger partial charge is 0.0991 e. The molecule has 0 aromatic heterocycles. The zero-order valence-electron chi connectivity index (χ0n) is 15.6. The molecule has 0 saturated heterocycles. The fourth-order valence-electron chi connectivity index (χ4n) is 1.09. The molecule has 1 aromatic carbocycles. The van der Waals surface area contributed by atoms with E-state index in [4.69, 9.17) is 0 Å². The van der Waals surface area contributed by atoms with Gasteiger partial charge in [-0.15, -0.1) is 0 Å². The van der Waals surface area contributed by atoms with Crippen LogP contribution >= 0.6 is 0 Å². The Morgan fingerprint density at radius 1 is 0.870 bits per heavy atom. The van der Waals surface area contributed by atoms with Crippen LogP contribution < -0.4 is 0 Å². The fourth-order valence-corrected chi connectivity index (χ4v) is 1.09. The molecular weight excluding hydrogens is 276 g/mol. The number of hydrogen-bond donors (Lipinski definition) is 0. The highest BCUT2D eigenvalue weighted by Crippen LogP contribution is 1.97. The molecule has 0 saturated carbocycles. The highest BCUT2D eigenvalue weighted by Gasteiger charge is 1.76. The van der Waals surface area contributed by atoms with Crippen molar-refractivity contribution in [1.82, 2.24) is 0 Å². The predicted octanol–water partition coefficient (Wildman–Crippen LogP) is 8.02. The van der Waals surface area contributed by atoms with Crippen molar-refractivity contribution in [2.24, 2.45) is 0 Å². The fraction of sp³-hybridized carbons (Fsp3) is 0.304. The molecule has 0 N–H and O–H groups in total. The summed E-state index contributed by atoms with van der Waals surface area (Å²) in [5.41, 5.74) is 2.19. The summed E-state index contributed by atoms with van der Waals surface area (Å²) in [4.78, 5) is 0. The van der Waals surface area contributed by atoms with Gasteiger partial charge in [-0.05, 0) is 12.5 Å². The molecule has 0 nitrogen and oxygen atoms in total. The molecule has 0 unspecified atom stereocenters. The molecule has 0 fully saturated rings. The highest BCUT2D eigenvalue weighted by molar-refractivity contribution is 5.45. The van der Waals surface area contributed by atoms with E-state index < -0.39 is 0 Å². The zero-order valence-corrected chi connectivity index (χ0v) is 15.6. The Kier molecular flexibility index (Phi) is 28.0. The van der Waals surface area contributed by atoms with Crippen LogP contribution in [0.4, 0.5) is 0 Å². The molecule has 0 bridgehead atoms. The molecule has 0 heterocycles. The van der Waals surface area contributed by atoms with Gasteiger partial charge in [-0.3, -0.25) is 0 Å². The van der Waals surface area contributed by atoms with Crippen LogP contribution in [0.5, 0.6) is 0 Å². The van der Waals surface area contributed by atoms with Crippen LogP contribution in [0, 0.1) is 0 Å². The average Bonchev–Trinajstić information content (AvgIpc) is 2.61. The van der Waals surface area contributed by atoms with Gasteiger partial charge in [0.2, 0.25) is 0 Å². The molecule has 1 aromatic rings. The molecular formula is C23H36. The van der Waals surface area contributed by atoms with Crippen LogP contribution in [-0.2, 0) is 0 Å². The van der Waals surface area contributed by atoms with Crippen LogP contribution in [-0.4, -0.2) is 0 Å². The summed E-state index contributed by atoms with van der Waals surface area (Å²) in [5, 5.41) is 0. The summed E-state index contributed by atoms with van der Waals surface area (Å²) in [6, 6.07) is 10.0. The predicted molar refractivity (Wildman–Crippen MR) is 112 cm³/mol. The van der Waals surface area contributed by atoms with Gasteiger partial charge < -0.3 is 0 Å². The molecule has 0 aliphatic heterocycles. The summed E-state index contributed by atoms with van der Waals surface area (Å²) in [7, 11) is 0. The van der Waals surface area contributed by atoms with Gasteiger partial charge in [0.05, 0.1) is 0 Å². The lowest BCUT2D eigenvalue weighted by molar-refractivity contribution is 0.702. The van der Waals surface area contributed by atoms with Gasteiger partial charge in [-0.1, -0.05) is 133 Å². The summed E-state index contributed by atoms with van der Waals surface area (Å²) >= 11 is 0. The zero-order chi connectivity index (χ0) is 18.3. The van der Waals surface area contributed by atoms with Crippen molar-refractivity contribution in [3.63, 3.8) is 0 Å². The number of benzene rings is 1. The molecule has 23 heavy (non-hydrogen) atoms. The van der Waals surface area contributed by atoms with Crippen molar-refractivity contribution in [1.29, 1.82) is 0 Å². The maximum atomic E-state index is 3.63. The van der Waals surface area contributed by atoms with Crippen molar-refractivity contribution in [2.45, 2.75) is 46.5 Å². The summed E-state index contributed by atoms with van der Waals surface area (Å²) in [6.07, 6.45) is 12.4. The maximum absolute atomic E-state index is 3.63. The maximum Gasteiger partial charge on any atom is -0.0263 e. The van der Waals surface area contributed by atoms with Crippen molar-refractivity contribution in [3.8, 4) is 0 Å². The second-order valence-corrected chi connectivity index (χ2v) is 4.84. The third kappa shape index (κ3) is 33.0. The van der Waals surface area contributed by atoms with Crippen LogP contribution in [0.15, 0.2) is 87.0 Å². The first-order valence-electron chi connectivity index (χ1n) is 8.22. The monoisotopic (exact) mass is 312 g/mol. The molecule has 0 radical (unpaired) electrons. The first-order chi connectivity index (χ1) is 11.0. The molecule has 0 amide bonds. The Morgan fingerprint density at radius 2 is 1.26 bits per heavy atom. The van der Waals surface area contributed by atoms with E-state index in [2.05, 4.69) is 46.7 Å². The summed E-state index contributed by atoms with van der Waals surface area (Å²) < 4.78 is 0. The Balaban J connectivity index is -0.000000242. The van der Waals surface area contributed by atoms with E-state index in [0.717, 1.165) is 5.57 Å². The van der Waals surface area contributed by atoms with Crippen LogP contribution in [0.1, 0.15) is 52.0 Å². The molecule has 0 spiro atoms. The third-order valence-corrected chi connectivity index (χ3v) is 2.51. The lowest BCUT2D eigenvalue weighted by Gasteiger charge is -1.86.